The molecular weight excluding hydrogens is 475 g/mol. The molecule has 5 heterocycles. The van der Waals surface area contributed by atoms with Crippen molar-refractivity contribution in [2.24, 2.45) is 0 Å². The summed E-state index contributed by atoms with van der Waals surface area (Å²) < 4.78 is 17.8. The highest BCUT2D eigenvalue weighted by atomic mass is 19.1. The van der Waals surface area contributed by atoms with Crippen molar-refractivity contribution < 1.29 is 14.3 Å². The van der Waals surface area contributed by atoms with Crippen molar-refractivity contribution in [2.45, 2.75) is 25.6 Å². The van der Waals surface area contributed by atoms with Crippen LogP contribution < -0.4 is 10.6 Å². The monoisotopic (exact) mass is 498 g/mol. The Hall–Kier alpha value is -4.82. The minimum atomic E-state index is -1.65. The number of alkyl halides is 1. The second-order valence-corrected chi connectivity index (χ2v) is 9.09. The fourth-order valence-corrected chi connectivity index (χ4v) is 3.81. The zero-order valence-electron chi connectivity index (χ0n) is 20.1. The molecule has 0 aliphatic heterocycles. The number of anilines is 2. The van der Waals surface area contributed by atoms with Gasteiger partial charge >= 0.3 is 0 Å². The quantitative estimate of drug-likeness (QED) is 0.313. The number of amides is 1. The summed E-state index contributed by atoms with van der Waals surface area (Å²) in [6.07, 6.45) is 6.53. The van der Waals surface area contributed by atoms with E-state index in [-0.39, 0.29) is 12.1 Å². The van der Waals surface area contributed by atoms with Crippen molar-refractivity contribution in [3.63, 3.8) is 0 Å². The number of fused-ring (bicyclic) bond motifs is 2. The number of hydrogen-bond acceptors (Lipinski definition) is 7. The van der Waals surface area contributed by atoms with Crippen LogP contribution in [0.2, 0.25) is 0 Å². The first-order valence-corrected chi connectivity index (χ1v) is 11.5. The standard InChI is InChI=1S/C26H23FN8O2/c1-26(2,37)23(27)14-31-25(36)19-13-30-21(22-5-4-18-9-16(11-28)12-32-35(18)22)10-20(19)33-17-3-6-24-29-7-8-34(24)15-17/h3-10,12-13,15,23,37H,14H2,1-2H3,(H,30,33)(H,31,36). The van der Waals surface area contributed by atoms with Crippen molar-refractivity contribution in [3.05, 3.63) is 78.5 Å². The van der Waals surface area contributed by atoms with E-state index in [1.165, 1.54) is 26.2 Å². The Bertz CT molecular complexity index is 1660. The maximum Gasteiger partial charge on any atom is 0.255 e. The van der Waals surface area contributed by atoms with Crippen LogP contribution in [0.1, 0.15) is 29.8 Å². The number of pyridine rings is 2. The van der Waals surface area contributed by atoms with Crippen LogP contribution in [-0.4, -0.2) is 53.3 Å². The summed E-state index contributed by atoms with van der Waals surface area (Å²) in [6.45, 7) is 2.32. The number of carbonyl (C=O) groups is 1. The highest BCUT2D eigenvalue weighted by Crippen LogP contribution is 2.28. The molecular formula is C26H23FN8O2. The zero-order chi connectivity index (χ0) is 26.2. The predicted octanol–water partition coefficient (Wildman–Crippen LogP) is 3.50. The third-order valence-corrected chi connectivity index (χ3v) is 5.92. The van der Waals surface area contributed by atoms with Crippen LogP contribution in [-0.2, 0) is 0 Å². The summed E-state index contributed by atoms with van der Waals surface area (Å²) in [7, 11) is 0. The average molecular weight is 499 g/mol. The van der Waals surface area contributed by atoms with E-state index in [2.05, 4.69) is 31.8 Å². The summed E-state index contributed by atoms with van der Waals surface area (Å²) in [5.41, 5.74) is 2.83. The lowest BCUT2D eigenvalue weighted by Gasteiger charge is -2.22. The summed E-state index contributed by atoms with van der Waals surface area (Å²) in [6, 6.07) is 12.8. The van der Waals surface area contributed by atoms with Crippen molar-refractivity contribution >= 4 is 28.4 Å². The molecule has 5 aromatic rings. The number of nitriles is 1. The molecule has 0 radical (unpaired) electrons. The largest absolute Gasteiger partial charge is 0.387 e. The fourth-order valence-electron chi connectivity index (χ4n) is 3.81. The molecule has 10 nitrogen and oxygen atoms in total. The molecule has 5 aromatic heterocycles. The van der Waals surface area contributed by atoms with Gasteiger partial charge in [-0.3, -0.25) is 9.78 Å². The van der Waals surface area contributed by atoms with Gasteiger partial charge in [0, 0.05) is 24.8 Å². The van der Waals surface area contributed by atoms with E-state index in [4.69, 9.17) is 5.26 Å². The second kappa shape index (κ2) is 9.33. The average Bonchev–Trinajstić information content (AvgIpc) is 3.52. The van der Waals surface area contributed by atoms with Crippen molar-refractivity contribution in [1.82, 2.24) is 29.3 Å². The molecule has 0 bridgehead atoms. The summed E-state index contributed by atoms with van der Waals surface area (Å²) >= 11 is 0. The van der Waals surface area contributed by atoms with Gasteiger partial charge in [0.1, 0.15) is 17.9 Å². The lowest BCUT2D eigenvalue weighted by Crippen LogP contribution is -2.42. The number of halogens is 1. The van der Waals surface area contributed by atoms with Gasteiger partial charge in [-0.1, -0.05) is 0 Å². The van der Waals surface area contributed by atoms with Crippen LogP contribution in [0.5, 0.6) is 0 Å². The molecule has 0 aliphatic rings. The van der Waals surface area contributed by atoms with Crippen molar-refractivity contribution in [3.8, 4) is 17.5 Å². The highest BCUT2D eigenvalue weighted by Gasteiger charge is 2.27. The van der Waals surface area contributed by atoms with E-state index in [0.717, 1.165) is 11.2 Å². The number of aliphatic hydroxyl groups is 1. The van der Waals surface area contributed by atoms with E-state index in [1.54, 1.807) is 29.0 Å². The molecule has 0 saturated carbocycles. The normalized spacial score (nSPS) is 12.4. The van der Waals surface area contributed by atoms with E-state index >= 15 is 0 Å². The topological polar surface area (TPSA) is 133 Å². The van der Waals surface area contributed by atoms with Crippen LogP contribution in [0.4, 0.5) is 15.8 Å². The molecule has 186 valence electrons. The Kier molecular flexibility index (Phi) is 6.02. The first kappa shape index (κ1) is 23.9. The first-order valence-electron chi connectivity index (χ1n) is 11.5. The number of carbonyl (C=O) groups excluding carboxylic acids is 1. The number of nitrogens with zero attached hydrogens (tertiary/aromatic N) is 6. The van der Waals surface area contributed by atoms with Crippen LogP contribution in [0.25, 0.3) is 22.6 Å². The van der Waals surface area contributed by atoms with Gasteiger partial charge in [0.25, 0.3) is 5.91 Å². The molecule has 1 unspecified atom stereocenters. The molecule has 1 amide bonds. The molecule has 0 spiro atoms. The highest BCUT2D eigenvalue weighted by molar-refractivity contribution is 6.00. The smallest absolute Gasteiger partial charge is 0.255 e. The van der Waals surface area contributed by atoms with E-state index in [0.29, 0.717) is 28.3 Å². The van der Waals surface area contributed by atoms with Gasteiger partial charge < -0.3 is 20.1 Å². The third-order valence-electron chi connectivity index (χ3n) is 5.92. The Morgan fingerprint density at radius 1 is 1.22 bits per heavy atom. The Morgan fingerprint density at radius 3 is 2.84 bits per heavy atom. The molecule has 11 heteroatoms. The molecule has 3 N–H and O–H groups in total. The van der Waals surface area contributed by atoms with E-state index in [1.807, 2.05) is 34.9 Å². The van der Waals surface area contributed by atoms with Gasteiger partial charge in [0.2, 0.25) is 0 Å². The lowest BCUT2D eigenvalue weighted by molar-refractivity contribution is -0.00177. The molecule has 0 aliphatic carbocycles. The van der Waals surface area contributed by atoms with E-state index in [9.17, 15) is 14.3 Å². The molecule has 0 aromatic carbocycles. The van der Waals surface area contributed by atoms with E-state index < -0.39 is 17.7 Å². The Balaban J connectivity index is 1.52. The van der Waals surface area contributed by atoms with Gasteiger partial charge in [0.05, 0.1) is 57.7 Å². The number of imidazole rings is 1. The fraction of sp³-hybridized carbons (Fsp3) is 0.192. The summed E-state index contributed by atoms with van der Waals surface area (Å²) in [5, 5.41) is 29.2. The SMILES string of the molecule is CC(C)(O)C(F)CNC(=O)c1cnc(-c2ccc3cc(C#N)cnn23)cc1Nc1ccc2nccn2c1. The Morgan fingerprint density at radius 2 is 2.05 bits per heavy atom. The number of aromatic nitrogens is 5. The Labute approximate surface area is 211 Å². The van der Waals surface area contributed by atoms with Crippen molar-refractivity contribution in [2.75, 3.05) is 11.9 Å². The number of rotatable bonds is 7. The molecule has 0 fully saturated rings. The maximum atomic E-state index is 14.3. The molecule has 1 atom stereocenters. The maximum absolute atomic E-state index is 14.3. The number of nitrogens with one attached hydrogen (secondary N) is 2. The first-order chi connectivity index (χ1) is 17.7. The number of hydrogen-bond donors (Lipinski definition) is 3. The second-order valence-electron chi connectivity index (χ2n) is 9.09. The summed E-state index contributed by atoms with van der Waals surface area (Å²) in [5.74, 6) is -0.547. The predicted molar refractivity (Wildman–Crippen MR) is 135 cm³/mol. The third kappa shape index (κ3) is 4.82. The van der Waals surface area contributed by atoms with Crippen LogP contribution in [0.15, 0.2) is 67.4 Å². The van der Waals surface area contributed by atoms with Gasteiger partial charge in [-0.05, 0) is 50.2 Å². The van der Waals surface area contributed by atoms with Crippen LogP contribution in [0, 0.1) is 11.3 Å². The van der Waals surface area contributed by atoms with Gasteiger partial charge in [-0.25, -0.2) is 13.9 Å². The van der Waals surface area contributed by atoms with Crippen LogP contribution >= 0.6 is 0 Å². The lowest BCUT2D eigenvalue weighted by atomic mass is 10.0. The molecule has 5 rings (SSSR count). The summed E-state index contributed by atoms with van der Waals surface area (Å²) in [4.78, 5) is 21.7. The molecule has 37 heavy (non-hydrogen) atoms. The molecule has 0 saturated heterocycles. The zero-order valence-corrected chi connectivity index (χ0v) is 20.1. The van der Waals surface area contributed by atoms with Crippen LogP contribution in [0.3, 0.4) is 0 Å². The van der Waals surface area contributed by atoms with Gasteiger partial charge in [-0.2, -0.15) is 10.4 Å². The van der Waals surface area contributed by atoms with Gasteiger partial charge in [-0.15, -0.1) is 0 Å². The van der Waals surface area contributed by atoms with Crippen molar-refractivity contribution in [1.29, 1.82) is 5.26 Å². The van der Waals surface area contributed by atoms with Gasteiger partial charge in [0.15, 0.2) is 0 Å². The minimum Gasteiger partial charge on any atom is -0.387 e. The minimum absolute atomic E-state index is 0.193.